The predicted molar refractivity (Wildman–Crippen MR) is 62.0 cm³/mol. The summed E-state index contributed by atoms with van der Waals surface area (Å²) >= 11 is 0. The molecule has 0 aromatic heterocycles. The molecule has 0 heterocycles. The van der Waals surface area contributed by atoms with Gasteiger partial charge in [-0.3, -0.25) is 0 Å². The summed E-state index contributed by atoms with van der Waals surface area (Å²) in [6.45, 7) is 7.35. The van der Waals surface area contributed by atoms with Gasteiger partial charge in [-0.2, -0.15) is 0 Å². The minimum absolute atomic E-state index is 0.0615. The van der Waals surface area contributed by atoms with Crippen molar-refractivity contribution in [3.05, 3.63) is 0 Å². The third-order valence-corrected chi connectivity index (χ3v) is 2.69. The molecule has 0 saturated heterocycles. The Labute approximate surface area is 92.4 Å². The Morgan fingerprint density at radius 2 is 1.93 bits per heavy atom. The van der Waals surface area contributed by atoms with Crippen molar-refractivity contribution in [1.29, 1.82) is 0 Å². The van der Waals surface area contributed by atoms with E-state index in [1.54, 1.807) is 4.90 Å². The van der Waals surface area contributed by atoms with Crippen molar-refractivity contribution in [2.45, 2.75) is 39.2 Å². The summed E-state index contributed by atoms with van der Waals surface area (Å²) in [7, 11) is 0. The number of urea groups is 1. The number of hydrogen-bond acceptors (Lipinski definition) is 2. The predicted octanol–water partition coefficient (Wildman–Crippen LogP) is 1.18. The first-order valence-electron chi connectivity index (χ1n) is 6.04. The van der Waals surface area contributed by atoms with Gasteiger partial charge in [0.25, 0.3) is 0 Å². The molecule has 1 rings (SSSR count). The second kappa shape index (κ2) is 6.67. The van der Waals surface area contributed by atoms with Crippen LogP contribution in [0.1, 0.15) is 33.1 Å². The molecule has 0 aromatic carbocycles. The number of carbonyl (C=O) groups excluding carboxylic acids is 1. The van der Waals surface area contributed by atoms with Crippen molar-refractivity contribution in [3.63, 3.8) is 0 Å². The summed E-state index contributed by atoms with van der Waals surface area (Å²) in [5.41, 5.74) is 0. The van der Waals surface area contributed by atoms with Crippen molar-refractivity contribution >= 4 is 6.03 Å². The monoisotopic (exact) mass is 213 g/mol. The number of amides is 2. The first-order chi connectivity index (χ1) is 7.27. The van der Waals surface area contributed by atoms with E-state index in [0.29, 0.717) is 0 Å². The fraction of sp³-hybridized carbons (Fsp3) is 0.909. The van der Waals surface area contributed by atoms with E-state index in [-0.39, 0.29) is 6.03 Å². The smallest absolute Gasteiger partial charge is 0.317 e. The highest BCUT2D eigenvalue weighted by Gasteiger charge is 2.19. The molecular weight excluding hydrogens is 190 g/mol. The Morgan fingerprint density at radius 1 is 1.27 bits per heavy atom. The van der Waals surface area contributed by atoms with E-state index < -0.39 is 0 Å². The third kappa shape index (κ3) is 5.02. The van der Waals surface area contributed by atoms with Crippen LogP contribution in [-0.4, -0.2) is 43.2 Å². The maximum absolute atomic E-state index is 11.5. The number of nitrogens with one attached hydrogen (secondary N) is 2. The number of carbonyl (C=O) groups is 1. The highest BCUT2D eigenvalue weighted by atomic mass is 16.2. The summed E-state index contributed by atoms with van der Waals surface area (Å²) in [6.07, 6.45) is 3.67. The maximum Gasteiger partial charge on any atom is 0.317 e. The molecule has 0 bridgehead atoms. The largest absolute Gasteiger partial charge is 0.338 e. The van der Waals surface area contributed by atoms with Crippen LogP contribution in [-0.2, 0) is 0 Å². The van der Waals surface area contributed by atoms with Gasteiger partial charge in [-0.1, -0.05) is 0 Å². The average molecular weight is 213 g/mol. The number of hydrogen-bond donors (Lipinski definition) is 2. The molecule has 1 aliphatic carbocycles. The minimum Gasteiger partial charge on any atom is -0.338 e. The van der Waals surface area contributed by atoms with Crippen LogP contribution in [0.4, 0.5) is 4.79 Å². The molecule has 0 unspecified atom stereocenters. The van der Waals surface area contributed by atoms with Crippen molar-refractivity contribution in [3.8, 4) is 0 Å². The lowest BCUT2D eigenvalue weighted by Gasteiger charge is -2.19. The van der Waals surface area contributed by atoms with Crippen molar-refractivity contribution in [2.24, 2.45) is 0 Å². The molecule has 4 heteroatoms. The molecule has 1 aliphatic rings. The molecule has 2 N–H and O–H groups in total. The van der Waals surface area contributed by atoms with Crippen LogP contribution in [0.5, 0.6) is 0 Å². The van der Waals surface area contributed by atoms with Gasteiger partial charge >= 0.3 is 6.03 Å². The molecule has 0 aliphatic heterocycles. The summed E-state index contributed by atoms with van der Waals surface area (Å²) in [5, 5.41) is 6.35. The zero-order valence-electron chi connectivity index (χ0n) is 9.88. The quantitative estimate of drug-likeness (QED) is 0.624. The molecule has 0 atom stereocenters. The zero-order chi connectivity index (χ0) is 11.1. The second-order valence-electron chi connectivity index (χ2n) is 3.99. The van der Waals surface area contributed by atoms with Gasteiger partial charge in [-0.05, 0) is 39.7 Å². The molecule has 0 radical (unpaired) electrons. The van der Waals surface area contributed by atoms with Gasteiger partial charge in [-0.15, -0.1) is 0 Å². The maximum atomic E-state index is 11.5. The Morgan fingerprint density at radius 3 is 2.47 bits per heavy atom. The summed E-state index contributed by atoms with van der Waals surface area (Å²) in [5.74, 6) is 0. The lowest BCUT2D eigenvalue weighted by Crippen LogP contribution is -2.40. The van der Waals surface area contributed by atoms with Gasteiger partial charge in [-0.25, -0.2) is 4.79 Å². The van der Waals surface area contributed by atoms with Gasteiger partial charge in [0.2, 0.25) is 0 Å². The van der Waals surface area contributed by atoms with Crippen LogP contribution in [0.15, 0.2) is 0 Å². The van der Waals surface area contributed by atoms with Crippen LogP contribution >= 0.6 is 0 Å². The zero-order valence-corrected chi connectivity index (χ0v) is 9.88. The highest BCUT2D eigenvalue weighted by Crippen LogP contribution is 2.18. The summed E-state index contributed by atoms with van der Waals surface area (Å²) in [6, 6.07) is 0.829. The van der Waals surface area contributed by atoms with Crippen LogP contribution in [0.25, 0.3) is 0 Å². The fourth-order valence-electron chi connectivity index (χ4n) is 1.50. The van der Waals surface area contributed by atoms with E-state index in [0.717, 1.165) is 38.6 Å². The highest BCUT2D eigenvalue weighted by molar-refractivity contribution is 5.73. The fourth-order valence-corrected chi connectivity index (χ4v) is 1.50. The summed E-state index contributed by atoms with van der Waals surface area (Å²) < 4.78 is 0. The molecule has 2 amide bonds. The van der Waals surface area contributed by atoms with Gasteiger partial charge in [0.05, 0.1) is 0 Å². The van der Waals surface area contributed by atoms with E-state index in [2.05, 4.69) is 10.6 Å². The molecule has 88 valence electrons. The first-order valence-corrected chi connectivity index (χ1v) is 6.04. The average Bonchev–Trinajstić information content (AvgIpc) is 3.03. The Hall–Kier alpha value is -0.770. The van der Waals surface area contributed by atoms with Gasteiger partial charge < -0.3 is 15.5 Å². The van der Waals surface area contributed by atoms with Crippen LogP contribution in [0.2, 0.25) is 0 Å². The molecule has 4 nitrogen and oxygen atoms in total. The van der Waals surface area contributed by atoms with E-state index in [4.69, 9.17) is 0 Å². The SMILES string of the molecule is CCN(CC)C(=O)NCCCNC1CC1. The second-order valence-corrected chi connectivity index (χ2v) is 3.99. The van der Waals surface area contributed by atoms with Crippen molar-refractivity contribution in [2.75, 3.05) is 26.2 Å². The number of nitrogens with zero attached hydrogens (tertiary/aromatic N) is 1. The standard InChI is InChI=1S/C11H23N3O/c1-3-14(4-2)11(15)13-9-5-8-12-10-6-7-10/h10,12H,3-9H2,1-2H3,(H,13,15). The van der Waals surface area contributed by atoms with Crippen molar-refractivity contribution < 1.29 is 4.79 Å². The molecule has 0 spiro atoms. The molecular formula is C11H23N3O. The van der Waals surface area contributed by atoms with E-state index in [9.17, 15) is 4.79 Å². The lowest BCUT2D eigenvalue weighted by atomic mass is 10.4. The first kappa shape index (κ1) is 12.3. The van der Waals surface area contributed by atoms with Crippen LogP contribution in [0, 0.1) is 0 Å². The third-order valence-electron chi connectivity index (χ3n) is 2.69. The topological polar surface area (TPSA) is 44.4 Å². The Balaban J connectivity index is 1.94. The van der Waals surface area contributed by atoms with Gasteiger partial charge in [0.1, 0.15) is 0 Å². The number of rotatable bonds is 7. The van der Waals surface area contributed by atoms with E-state index in [1.807, 2.05) is 13.8 Å². The van der Waals surface area contributed by atoms with E-state index >= 15 is 0 Å². The Bertz CT molecular complexity index is 188. The Kier molecular flexibility index (Phi) is 5.47. The van der Waals surface area contributed by atoms with Crippen molar-refractivity contribution in [1.82, 2.24) is 15.5 Å². The molecule has 1 saturated carbocycles. The van der Waals surface area contributed by atoms with Crippen LogP contribution < -0.4 is 10.6 Å². The normalized spacial score (nSPS) is 15.1. The lowest BCUT2D eigenvalue weighted by molar-refractivity contribution is 0.203. The van der Waals surface area contributed by atoms with Gasteiger partial charge in [0.15, 0.2) is 0 Å². The van der Waals surface area contributed by atoms with E-state index in [1.165, 1.54) is 12.8 Å². The molecule has 1 fully saturated rings. The molecule has 15 heavy (non-hydrogen) atoms. The molecule has 0 aromatic rings. The minimum atomic E-state index is 0.0615. The van der Waals surface area contributed by atoms with Gasteiger partial charge in [0, 0.05) is 25.7 Å². The van der Waals surface area contributed by atoms with Crippen LogP contribution in [0.3, 0.4) is 0 Å². The summed E-state index contributed by atoms with van der Waals surface area (Å²) in [4.78, 5) is 13.3.